The molecular weight excluding hydrogens is 288 g/mol. The van der Waals surface area contributed by atoms with Gasteiger partial charge in [0.25, 0.3) is 5.91 Å². The molecule has 0 aliphatic carbocycles. The van der Waals surface area contributed by atoms with Gasteiger partial charge in [0.1, 0.15) is 5.75 Å². The van der Waals surface area contributed by atoms with E-state index < -0.39 is 24.5 Å². The maximum absolute atomic E-state index is 11.7. The van der Waals surface area contributed by atoms with Crippen molar-refractivity contribution in [2.24, 2.45) is 5.92 Å². The van der Waals surface area contributed by atoms with Crippen molar-refractivity contribution in [1.82, 2.24) is 10.6 Å². The summed E-state index contributed by atoms with van der Waals surface area (Å²) >= 11 is 0. The predicted molar refractivity (Wildman–Crippen MR) is 79.5 cm³/mol. The highest BCUT2D eigenvalue weighted by Crippen LogP contribution is 2.17. The molecule has 22 heavy (non-hydrogen) atoms. The molecule has 0 bridgehead atoms. The number of nitrogens with one attached hydrogen (secondary N) is 2. The van der Waals surface area contributed by atoms with Crippen molar-refractivity contribution >= 4 is 17.9 Å². The minimum Gasteiger partial charge on any atom is -0.508 e. The molecule has 120 valence electrons. The Morgan fingerprint density at radius 2 is 1.95 bits per heavy atom. The lowest BCUT2D eigenvalue weighted by Crippen LogP contribution is -2.42. The average molecular weight is 308 g/mol. The first-order valence-corrected chi connectivity index (χ1v) is 6.84. The molecule has 0 saturated heterocycles. The highest BCUT2D eigenvalue weighted by molar-refractivity contribution is 5.97. The van der Waals surface area contributed by atoms with Crippen LogP contribution in [0.5, 0.6) is 5.75 Å². The molecular formula is C15H20N2O5. The van der Waals surface area contributed by atoms with Crippen LogP contribution in [0.25, 0.3) is 0 Å². The minimum atomic E-state index is -0.756. The van der Waals surface area contributed by atoms with Crippen LogP contribution in [-0.4, -0.2) is 36.2 Å². The van der Waals surface area contributed by atoms with Crippen LogP contribution in [-0.2, 0) is 9.53 Å². The largest absolute Gasteiger partial charge is 0.508 e. The number of hydrogen-bond acceptors (Lipinski definition) is 5. The molecule has 3 amide bonds. The van der Waals surface area contributed by atoms with Gasteiger partial charge in [0, 0.05) is 6.54 Å². The Bertz CT molecular complexity index is 569. The number of phenolic OH excluding ortho intramolecular Hbond substituents is 1. The Hall–Kier alpha value is -2.57. The molecule has 0 unspecified atom stereocenters. The lowest BCUT2D eigenvalue weighted by molar-refractivity contribution is -0.123. The van der Waals surface area contributed by atoms with E-state index in [1.54, 1.807) is 13.0 Å². The number of benzene rings is 1. The molecule has 0 saturated carbocycles. The molecule has 0 radical (unpaired) electrons. The lowest BCUT2D eigenvalue weighted by Gasteiger charge is -2.09. The van der Waals surface area contributed by atoms with E-state index in [4.69, 9.17) is 4.74 Å². The maximum Gasteiger partial charge on any atom is 0.338 e. The van der Waals surface area contributed by atoms with Crippen LogP contribution in [0.4, 0.5) is 4.79 Å². The van der Waals surface area contributed by atoms with E-state index in [0.29, 0.717) is 12.1 Å². The van der Waals surface area contributed by atoms with E-state index in [1.807, 2.05) is 19.2 Å². The van der Waals surface area contributed by atoms with Gasteiger partial charge in [0.05, 0.1) is 5.56 Å². The van der Waals surface area contributed by atoms with Crippen LogP contribution in [0.1, 0.15) is 29.8 Å². The fourth-order valence-corrected chi connectivity index (χ4v) is 1.45. The second kappa shape index (κ2) is 8.02. The van der Waals surface area contributed by atoms with Crippen LogP contribution >= 0.6 is 0 Å². The highest BCUT2D eigenvalue weighted by Gasteiger charge is 2.13. The first kappa shape index (κ1) is 17.5. The van der Waals surface area contributed by atoms with E-state index in [2.05, 4.69) is 5.32 Å². The third kappa shape index (κ3) is 5.82. The Morgan fingerprint density at radius 3 is 2.55 bits per heavy atom. The quantitative estimate of drug-likeness (QED) is 0.712. The molecule has 3 N–H and O–H groups in total. The number of esters is 1. The van der Waals surface area contributed by atoms with Gasteiger partial charge in [-0.2, -0.15) is 0 Å². The first-order valence-electron chi connectivity index (χ1n) is 6.84. The molecule has 0 aromatic heterocycles. The number of carbonyl (C=O) groups is 3. The molecule has 7 heteroatoms. The summed E-state index contributed by atoms with van der Waals surface area (Å²) in [6.07, 6.45) is 0. The van der Waals surface area contributed by atoms with Crippen LogP contribution in [0.15, 0.2) is 18.2 Å². The Labute approximate surface area is 128 Å². The van der Waals surface area contributed by atoms with Crippen molar-refractivity contribution in [3.8, 4) is 5.75 Å². The van der Waals surface area contributed by atoms with E-state index in [1.165, 1.54) is 12.1 Å². The number of rotatable bonds is 5. The number of imide groups is 1. The van der Waals surface area contributed by atoms with Gasteiger partial charge in [-0.05, 0) is 30.5 Å². The minimum absolute atomic E-state index is 0.0352. The average Bonchev–Trinajstić information content (AvgIpc) is 2.45. The van der Waals surface area contributed by atoms with E-state index >= 15 is 0 Å². The van der Waals surface area contributed by atoms with Crippen LogP contribution in [0.3, 0.4) is 0 Å². The third-order valence-corrected chi connectivity index (χ3v) is 2.70. The Morgan fingerprint density at radius 1 is 1.27 bits per heavy atom. The molecule has 0 heterocycles. The van der Waals surface area contributed by atoms with Gasteiger partial charge in [-0.1, -0.05) is 19.9 Å². The van der Waals surface area contributed by atoms with Crippen LogP contribution in [0.2, 0.25) is 0 Å². The van der Waals surface area contributed by atoms with Crippen molar-refractivity contribution in [3.05, 3.63) is 29.3 Å². The van der Waals surface area contributed by atoms with Crippen molar-refractivity contribution in [1.29, 1.82) is 0 Å². The summed E-state index contributed by atoms with van der Waals surface area (Å²) in [4.78, 5) is 34.5. The molecule has 0 aliphatic heterocycles. The van der Waals surface area contributed by atoms with Gasteiger partial charge in [-0.25, -0.2) is 9.59 Å². The van der Waals surface area contributed by atoms with Crippen molar-refractivity contribution in [3.63, 3.8) is 0 Å². The standard InChI is InChI=1S/C15H20N2O5/c1-9(2)7-16-15(21)17-13(19)8-22-14(20)11-5-4-10(3)12(18)6-11/h4-6,9,18H,7-8H2,1-3H3,(H2,16,17,19,21). The molecule has 0 aliphatic rings. The summed E-state index contributed by atoms with van der Waals surface area (Å²) in [6, 6.07) is 3.66. The second-order valence-electron chi connectivity index (χ2n) is 5.23. The fourth-order valence-electron chi connectivity index (χ4n) is 1.45. The Balaban J connectivity index is 2.41. The zero-order chi connectivity index (χ0) is 16.7. The first-order chi connectivity index (χ1) is 10.3. The van der Waals surface area contributed by atoms with Crippen LogP contribution < -0.4 is 10.6 Å². The molecule has 0 fully saturated rings. The molecule has 1 aromatic carbocycles. The highest BCUT2D eigenvalue weighted by atomic mass is 16.5. The Kier molecular flexibility index (Phi) is 6.37. The van der Waals surface area contributed by atoms with Crippen molar-refractivity contribution < 1.29 is 24.2 Å². The number of hydrogen-bond donors (Lipinski definition) is 3. The number of amides is 3. The lowest BCUT2D eigenvalue weighted by atomic mass is 10.1. The SMILES string of the molecule is Cc1ccc(C(=O)OCC(=O)NC(=O)NCC(C)C)cc1O. The van der Waals surface area contributed by atoms with Gasteiger partial charge >= 0.3 is 12.0 Å². The number of phenols is 1. The van der Waals surface area contributed by atoms with Crippen molar-refractivity contribution in [2.75, 3.05) is 13.2 Å². The van der Waals surface area contributed by atoms with Gasteiger partial charge in [-0.15, -0.1) is 0 Å². The maximum atomic E-state index is 11.7. The molecule has 7 nitrogen and oxygen atoms in total. The third-order valence-electron chi connectivity index (χ3n) is 2.70. The summed E-state index contributed by atoms with van der Waals surface area (Å²) < 4.78 is 4.77. The van der Waals surface area contributed by atoms with Gasteiger partial charge in [-0.3, -0.25) is 10.1 Å². The van der Waals surface area contributed by atoms with Gasteiger partial charge in [0.15, 0.2) is 6.61 Å². The van der Waals surface area contributed by atoms with E-state index in [0.717, 1.165) is 0 Å². The van der Waals surface area contributed by atoms with E-state index in [-0.39, 0.29) is 17.2 Å². The molecule has 1 rings (SSSR count). The summed E-state index contributed by atoms with van der Waals surface area (Å²) in [5, 5.41) is 14.1. The zero-order valence-corrected chi connectivity index (χ0v) is 12.8. The smallest absolute Gasteiger partial charge is 0.338 e. The van der Waals surface area contributed by atoms with Gasteiger partial charge < -0.3 is 15.2 Å². The summed E-state index contributed by atoms with van der Waals surface area (Å²) in [5.74, 6) is -1.26. The van der Waals surface area contributed by atoms with Gasteiger partial charge in [0.2, 0.25) is 0 Å². The normalized spacial score (nSPS) is 10.2. The number of aryl methyl sites for hydroxylation is 1. The summed E-state index contributed by atoms with van der Waals surface area (Å²) in [6.45, 7) is 5.37. The predicted octanol–water partition coefficient (Wildman–Crippen LogP) is 1.34. The summed E-state index contributed by atoms with van der Waals surface area (Å²) in [7, 11) is 0. The number of urea groups is 1. The number of carbonyl (C=O) groups excluding carboxylic acids is 3. The molecule has 0 spiro atoms. The number of aromatic hydroxyl groups is 1. The van der Waals surface area contributed by atoms with Crippen molar-refractivity contribution in [2.45, 2.75) is 20.8 Å². The fraction of sp³-hybridized carbons (Fsp3) is 0.400. The van der Waals surface area contributed by atoms with Crippen LogP contribution in [0, 0.1) is 12.8 Å². The molecule has 0 atom stereocenters. The monoisotopic (exact) mass is 308 g/mol. The summed E-state index contributed by atoms with van der Waals surface area (Å²) in [5.41, 5.74) is 0.747. The zero-order valence-electron chi connectivity index (χ0n) is 12.8. The second-order valence-corrected chi connectivity index (χ2v) is 5.23. The number of ether oxygens (including phenoxy) is 1. The topological polar surface area (TPSA) is 105 Å². The molecule has 1 aromatic rings. The van der Waals surface area contributed by atoms with E-state index in [9.17, 15) is 19.5 Å².